The first-order chi connectivity index (χ1) is 5.42. The summed E-state index contributed by atoms with van der Waals surface area (Å²) in [6.07, 6.45) is 6.18. The lowest BCUT2D eigenvalue weighted by Gasteiger charge is -2.30. The van der Waals surface area contributed by atoms with E-state index >= 15 is 0 Å². The van der Waals surface area contributed by atoms with E-state index in [4.69, 9.17) is 0 Å². The molecule has 2 atom stereocenters. The number of hydrogen-bond donors (Lipinski definition) is 0. The summed E-state index contributed by atoms with van der Waals surface area (Å²) in [5.41, 5.74) is 0. The molecule has 2 saturated heterocycles. The van der Waals surface area contributed by atoms with Crippen molar-refractivity contribution in [1.82, 2.24) is 4.90 Å². The number of carbonyl (C=O) groups excluding carboxylic acids is 1. The minimum Gasteiger partial charge on any atom is -0.303 e. The zero-order valence-corrected chi connectivity index (χ0v) is 6.83. The molecule has 2 aliphatic rings. The molecule has 0 bridgehead atoms. The first kappa shape index (κ1) is 7.29. The van der Waals surface area contributed by atoms with E-state index in [9.17, 15) is 4.79 Å². The topological polar surface area (TPSA) is 20.3 Å². The van der Waals surface area contributed by atoms with Crippen LogP contribution in [0.2, 0.25) is 0 Å². The molecule has 0 saturated carbocycles. The Labute approximate surface area is 67.6 Å². The molecule has 11 heavy (non-hydrogen) atoms. The summed E-state index contributed by atoms with van der Waals surface area (Å²) in [5, 5.41) is 0. The van der Waals surface area contributed by atoms with Crippen molar-refractivity contribution >= 4 is 6.29 Å². The number of fused-ring (bicyclic) bond motifs is 1. The summed E-state index contributed by atoms with van der Waals surface area (Å²) in [5.74, 6) is 0.357. The van der Waals surface area contributed by atoms with Crippen LogP contribution in [-0.4, -0.2) is 30.3 Å². The van der Waals surface area contributed by atoms with E-state index < -0.39 is 0 Å². The van der Waals surface area contributed by atoms with E-state index in [1.165, 1.54) is 25.8 Å². The van der Waals surface area contributed by atoms with Gasteiger partial charge in [-0.25, -0.2) is 0 Å². The lowest BCUT2D eigenvalue weighted by molar-refractivity contribution is -0.111. The predicted molar refractivity (Wildman–Crippen MR) is 43.4 cm³/mol. The maximum absolute atomic E-state index is 10.6. The van der Waals surface area contributed by atoms with Crippen molar-refractivity contribution in [3.63, 3.8) is 0 Å². The summed E-state index contributed by atoms with van der Waals surface area (Å²) >= 11 is 0. The Bertz CT molecular complexity index is 158. The third kappa shape index (κ3) is 1.20. The van der Waals surface area contributed by atoms with Crippen LogP contribution in [0.5, 0.6) is 0 Å². The quantitative estimate of drug-likeness (QED) is 0.525. The molecule has 2 nitrogen and oxygen atoms in total. The van der Waals surface area contributed by atoms with Gasteiger partial charge >= 0.3 is 0 Å². The van der Waals surface area contributed by atoms with Crippen LogP contribution in [0.1, 0.15) is 25.7 Å². The molecule has 0 N–H and O–H groups in total. The molecule has 0 radical (unpaired) electrons. The molecule has 2 fully saturated rings. The molecule has 0 unspecified atom stereocenters. The third-order valence-corrected chi connectivity index (χ3v) is 3.08. The van der Waals surface area contributed by atoms with Gasteiger partial charge in [-0.05, 0) is 32.4 Å². The van der Waals surface area contributed by atoms with Gasteiger partial charge in [-0.15, -0.1) is 0 Å². The van der Waals surface area contributed by atoms with Crippen molar-refractivity contribution in [3.05, 3.63) is 0 Å². The molecule has 62 valence electrons. The second-order valence-electron chi connectivity index (χ2n) is 3.69. The fraction of sp³-hybridized carbons (Fsp3) is 0.889. The lowest BCUT2D eigenvalue weighted by Crippen LogP contribution is -2.37. The van der Waals surface area contributed by atoms with E-state index in [0.717, 1.165) is 19.3 Å². The van der Waals surface area contributed by atoms with Crippen LogP contribution < -0.4 is 0 Å². The van der Waals surface area contributed by atoms with Gasteiger partial charge in [0.2, 0.25) is 0 Å². The van der Waals surface area contributed by atoms with Gasteiger partial charge in [0.1, 0.15) is 6.29 Å². The molecular formula is C9H15NO. The van der Waals surface area contributed by atoms with Gasteiger partial charge < -0.3 is 4.79 Å². The van der Waals surface area contributed by atoms with E-state index in [0.29, 0.717) is 12.0 Å². The largest absolute Gasteiger partial charge is 0.303 e. The molecule has 2 heteroatoms. The number of hydrogen-bond acceptors (Lipinski definition) is 2. The van der Waals surface area contributed by atoms with Gasteiger partial charge in [-0.2, -0.15) is 0 Å². The molecular weight excluding hydrogens is 138 g/mol. The highest BCUT2D eigenvalue weighted by molar-refractivity contribution is 5.55. The Morgan fingerprint density at radius 2 is 2.09 bits per heavy atom. The number of nitrogens with zero attached hydrogens (tertiary/aromatic N) is 1. The van der Waals surface area contributed by atoms with Crippen LogP contribution in [0.25, 0.3) is 0 Å². The Morgan fingerprint density at radius 1 is 1.18 bits per heavy atom. The molecule has 0 aromatic rings. The highest BCUT2D eigenvalue weighted by Crippen LogP contribution is 2.30. The zero-order valence-electron chi connectivity index (χ0n) is 6.83. The summed E-state index contributed by atoms with van der Waals surface area (Å²) in [6.45, 7) is 2.39. The van der Waals surface area contributed by atoms with E-state index in [2.05, 4.69) is 4.90 Å². The Hall–Kier alpha value is -0.370. The summed E-state index contributed by atoms with van der Waals surface area (Å²) in [7, 11) is 0. The van der Waals surface area contributed by atoms with Gasteiger partial charge in [-0.1, -0.05) is 6.42 Å². The maximum Gasteiger partial charge on any atom is 0.124 e. The number of piperidine rings is 1. The molecule has 2 rings (SSSR count). The minimum absolute atomic E-state index is 0.357. The molecule has 0 aliphatic carbocycles. The molecule has 2 heterocycles. The van der Waals surface area contributed by atoms with Crippen LogP contribution in [0, 0.1) is 5.92 Å². The van der Waals surface area contributed by atoms with Crippen molar-refractivity contribution in [2.24, 2.45) is 5.92 Å². The van der Waals surface area contributed by atoms with Crippen LogP contribution in [0.3, 0.4) is 0 Å². The highest BCUT2D eigenvalue weighted by atomic mass is 16.1. The van der Waals surface area contributed by atoms with Crippen molar-refractivity contribution in [2.45, 2.75) is 31.7 Å². The normalized spacial score (nSPS) is 38.5. The predicted octanol–water partition coefficient (Wildman–Crippen LogP) is 1.06. The smallest absolute Gasteiger partial charge is 0.124 e. The van der Waals surface area contributed by atoms with Crippen molar-refractivity contribution in [1.29, 1.82) is 0 Å². The van der Waals surface area contributed by atoms with Crippen LogP contribution in [0.15, 0.2) is 0 Å². The van der Waals surface area contributed by atoms with Crippen molar-refractivity contribution in [3.8, 4) is 0 Å². The van der Waals surface area contributed by atoms with Gasteiger partial charge in [0, 0.05) is 12.0 Å². The summed E-state index contributed by atoms with van der Waals surface area (Å²) in [6, 6.07) is 0.612. The Morgan fingerprint density at radius 3 is 2.91 bits per heavy atom. The van der Waals surface area contributed by atoms with Crippen molar-refractivity contribution in [2.75, 3.05) is 13.1 Å². The second kappa shape index (κ2) is 2.94. The highest BCUT2D eigenvalue weighted by Gasteiger charge is 2.34. The third-order valence-electron chi connectivity index (χ3n) is 3.08. The number of rotatable bonds is 1. The molecule has 0 aromatic heterocycles. The first-order valence-corrected chi connectivity index (χ1v) is 4.61. The van der Waals surface area contributed by atoms with Crippen LogP contribution in [-0.2, 0) is 4.79 Å². The average molecular weight is 153 g/mol. The molecule has 2 aliphatic heterocycles. The fourth-order valence-corrected chi connectivity index (χ4v) is 2.45. The van der Waals surface area contributed by atoms with Gasteiger partial charge in [0.15, 0.2) is 0 Å². The van der Waals surface area contributed by atoms with Gasteiger partial charge in [-0.3, -0.25) is 4.90 Å². The standard InChI is InChI=1S/C9H15NO/c11-7-8-4-6-10-5-2-1-3-9(8)10/h7-9H,1-6H2/t8-,9+/m0/s1. The second-order valence-corrected chi connectivity index (χ2v) is 3.69. The van der Waals surface area contributed by atoms with E-state index in [1.807, 2.05) is 0 Å². The maximum atomic E-state index is 10.6. The fourth-order valence-electron chi connectivity index (χ4n) is 2.45. The minimum atomic E-state index is 0.357. The molecule has 0 amide bonds. The van der Waals surface area contributed by atoms with Crippen molar-refractivity contribution < 1.29 is 4.79 Å². The SMILES string of the molecule is O=C[C@@H]1CCN2CCCC[C@H]12. The Balaban J connectivity index is 2.03. The average Bonchev–Trinajstić information content (AvgIpc) is 2.47. The molecule has 0 aromatic carbocycles. The first-order valence-electron chi connectivity index (χ1n) is 4.61. The van der Waals surface area contributed by atoms with Gasteiger partial charge in [0.25, 0.3) is 0 Å². The number of carbonyl (C=O) groups is 1. The Kier molecular flexibility index (Phi) is 1.95. The van der Waals surface area contributed by atoms with Crippen LogP contribution >= 0.6 is 0 Å². The lowest BCUT2D eigenvalue weighted by atomic mass is 9.95. The molecule has 0 spiro atoms. The zero-order chi connectivity index (χ0) is 7.68. The van der Waals surface area contributed by atoms with Crippen LogP contribution in [0.4, 0.5) is 0 Å². The van der Waals surface area contributed by atoms with Gasteiger partial charge in [0.05, 0.1) is 0 Å². The van der Waals surface area contributed by atoms with E-state index in [-0.39, 0.29) is 0 Å². The summed E-state index contributed by atoms with van der Waals surface area (Å²) < 4.78 is 0. The summed E-state index contributed by atoms with van der Waals surface area (Å²) in [4.78, 5) is 13.1. The monoisotopic (exact) mass is 153 g/mol. The van der Waals surface area contributed by atoms with E-state index in [1.54, 1.807) is 0 Å². The number of aldehydes is 1.